The average Bonchev–Trinajstić information content (AvgIpc) is 3.62. The van der Waals surface area contributed by atoms with Crippen LogP contribution in [0.2, 0.25) is 5.02 Å². The minimum Gasteiger partial charge on any atom is -0.490 e. The first-order chi connectivity index (χ1) is 19.9. The maximum absolute atomic E-state index is 13.3. The first kappa shape index (κ1) is 30.2. The quantitative estimate of drug-likeness (QED) is 0.183. The zero-order valence-electron chi connectivity index (χ0n) is 22.7. The van der Waals surface area contributed by atoms with Crippen LogP contribution < -0.4 is 24.8 Å². The zero-order valence-corrected chi connectivity index (χ0v) is 25.1. The summed E-state index contributed by atoms with van der Waals surface area (Å²) in [5.74, 6) is 1.22. The second-order valence-electron chi connectivity index (χ2n) is 8.17. The fourth-order valence-electron chi connectivity index (χ4n) is 3.73. The van der Waals surface area contributed by atoms with E-state index in [0.29, 0.717) is 69.5 Å². The van der Waals surface area contributed by atoms with Crippen molar-refractivity contribution in [1.82, 2.24) is 25.1 Å². The first-order valence-corrected chi connectivity index (χ1v) is 15.0. The van der Waals surface area contributed by atoms with Gasteiger partial charge in [0.15, 0.2) is 27.6 Å². The minimum atomic E-state index is -0.368. The Morgan fingerprint density at radius 2 is 1.76 bits per heavy atom. The monoisotopic (exact) mass is 616 g/mol. The van der Waals surface area contributed by atoms with Crippen molar-refractivity contribution in [2.45, 2.75) is 32.5 Å². The molecular formula is C27H29ClN6O5S2. The van der Waals surface area contributed by atoms with Crippen LogP contribution in [0.4, 0.5) is 5.13 Å². The lowest BCUT2D eigenvalue weighted by Crippen LogP contribution is -2.25. The molecule has 2 heterocycles. The number of nitrogens with zero attached hydrogens (tertiary/aromatic N) is 4. The fourth-order valence-corrected chi connectivity index (χ4v) is 5.24. The van der Waals surface area contributed by atoms with Crippen molar-refractivity contribution in [1.29, 1.82) is 0 Å². The van der Waals surface area contributed by atoms with Gasteiger partial charge >= 0.3 is 0 Å². The first-order valence-electron chi connectivity index (χ1n) is 12.8. The third-order valence-electron chi connectivity index (χ3n) is 5.36. The van der Waals surface area contributed by atoms with Crippen LogP contribution in [0.3, 0.4) is 0 Å². The van der Waals surface area contributed by atoms with E-state index < -0.39 is 0 Å². The summed E-state index contributed by atoms with van der Waals surface area (Å²) in [6.07, 6.45) is 1.62. The second kappa shape index (κ2) is 14.7. The van der Waals surface area contributed by atoms with E-state index >= 15 is 0 Å². The predicted octanol–water partition coefficient (Wildman–Crippen LogP) is 5.23. The number of hydrogen-bond donors (Lipinski definition) is 2. The van der Waals surface area contributed by atoms with E-state index in [0.717, 1.165) is 0 Å². The second-order valence-corrected chi connectivity index (χ2v) is 10.4. The van der Waals surface area contributed by atoms with Crippen LogP contribution in [0.1, 0.15) is 37.0 Å². The molecule has 0 atom stereocenters. The van der Waals surface area contributed by atoms with Gasteiger partial charge in [-0.3, -0.25) is 14.2 Å². The molecule has 2 aromatic carbocycles. The molecule has 2 amide bonds. The number of rotatable bonds is 14. The summed E-state index contributed by atoms with van der Waals surface area (Å²) in [6.45, 7) is 6.81. The Bertz CT molecular complexity index is 1450. The number of halogens is 1. The summed E-state index contributed by atoms with van der Waals surface area (Å²) in [7, 11) is 0. The Balaban J connectivity index is 1.55. The Hall–Kier alpha value is -3.81. The van der Waals surface area contributed by atoms with E-state index in [-0.39, 0.29) is 24.1 Å². The highest BCUT2D eigenvalue weighted by atomic mass is 35.5. The fraction of sp³-hybridized carbons (Fsp3) is 0.296. The molecule has 0 bridgehead atoms. The molecule has 0 fully saturated rings. The Morgan fingerprint density at radius 3 is 2.39 bits per heavy atom. The van der Waals surface area contributed by atoms with Gasteiger partial charge in [0.25, 0.3) is 5.91 Å². The summed E-state index contributed by atoms with van der Waals surface area (Å²) in [4.78, 5) is 29.8. The molecule has 0 aliphatic heterocycles. The van der Waals surface area contributed by atoms with Crippen LogP contribution in [0.5, 0.6) is 17.2 Å². The van der Waals surface area contributed by atoms with E-state index in [2.05, 4.69) is 25.8 Å². The van der Waals surface area contributed by atoms with E-state index in [1.165, 1.54) is 23.1 Å². The van der Waals surface area contributed by atoms with Crippen molar-refractivity contribution in [3.8, 4) is 22.9 Å². The molecule has 0 unspecified atom stereocenters. The van der Waals surface area contributed by atoms with Crippen LogP contribution in [0.15, 0.2) is 53.1 Å². The van der Waals surface area contributed by atoms with Crippen LogP contribution in [-0.2, 0) is 11.3 Å². The number of nitrogens with one attached hydrogen (secondary N) is 2. The highest BCUT2D eigenvalue weighted by Crippen LogP contribution is 2.39. The minimum absolute atomic E-state index is 0.0470. The molecule has 0 saturated heterocycles. The highest BCUT2D eigenvalue weighted by Gasteiger charge is 2.21. The number of aromatic nitrogens is 4. The largest absolute Gasteiger partial charge is 0.490 e. The maximum Gasteiger partial charge on any atom is 0.251 e. The SMILES string of the molecule is CCOc1cc(C(=O)NCc2nnc(SCC(=O)Nc3nccs3)n2-c2cccc(Cl)c2)cc(OCC)c1OCC. The molecule has 0 saturated carbocycles. The number of hydrogen-bond acceptors (Lipinski definition) is 10. The number of thioether (sulfide) groups is 1. The van der Waals surface area contributed by atoms with Gasteiger partial charge in [-0.25, -0.2) is 4.98 Å². The molecule has 216 valence electrons. The van der Waals surface area contributed by atoms with Gasteiger partial charge in [-0.2, -0.15) is 0 Å². The summed E-state index contributed by atoms with van der Waals surface area (Å²) in [6, 6.07) is 10.4. The topological polar surface area (TPSA) is 129 Å². The molecule has 0 spiro atoms. The maximum atomic E-state index is 13.3. The number of ether oxygens (including phenoxy) is 3. The van der Waals surface area contributed by atoms with Crippen molar-refractivity contribution in [3.05, 3.63) is 64.4 Å². The summed E-state index contributed by atoms with van der Waals surface area (Å²) >= 11 is 8.80. The molecule has 2 N–H and O–H groups in total. The third-order valence-corrected chi connectivity index (χ3v) is 7.21. The van der Waals surface area contributed by atoms with Crippen molar-refractivity contribution in [2.24, 2.45) is 0 Å². The van der Waals surface area contributed by atoms with Crippen LogP contribution in [0.25, 0.3) is 5.69 Å². The zero-order chi connectivity index (χ0) is 29.2. The smallest absolute Gasteiger partial charge is 0.251 e. The van der Waals surface area contributed by atoms with Crippen molar-refractivity contribution in [3.63, 3.8) is 0 Å². The summed E-state index contributed by atoms with van der Waals surface area (Å²) in [5.41, 5.74) is 1.02. The Labute approximate surface area is 250 Å². The molecule has 41 heavy (non-hydrogen) atoms. The lowest BCUT2D eigenvalue weighted by molar-refractivity contribution is -0.113. The molecule has 0 aliphatic rings. The van der Waals surface area contributed by atoms with Gasteiger partial charge in [0.2, 0.25) is 11.7 Å². The van der Waals surface area contributed by atoms with Gasteiger partial charge in [-0.05, 0) is 51.1 Å². The predicted molar refractivity (Wildman–Crippen MR) is 159 cm³/mol. The summed E-state index contributed by atoms with van der Waals surface area (Å²) in [5, 5.41) is 17.5. The number of amides is 2. The van der Waals surface area contributed by atoms with E-state index in [9.17, 15) is 9.59 Å². The van der Waals surface area contributed by atoms with Crippen molar-refractivity contribution >= 4 is 51.6 Å². The molecule has 2 aromatic heterocycles. The van der Waals surface area contributed by atoms with Gasteiger partial charge in [0, 0.05) is 22.2 Å². The highest BCUT2D eigenvalue weighted by molar-refractivity contribution is 7.99. The molecule has 14 heteroatoms. The van der Waals surface area contributed by atoms with Gasteiger partial charge in [-0.15, -0.1) is 21.5 Å². The number of carbonyl (C=O) groups excluding carboxylic acids is 2. The molecule has 11 nitrogen and oxygen atoms in total. The normalized spacial score (nSPS) is 10.7. The van der Waals surface area contributed by atoms with Gasteiger partial charge in [0.05, 0.1) is 37.8 Å². The van der Waals surface area contributed by atoms with Crippen molar-refractivity contribution in [2.75, 3.05) is 30.9 Å². The van der Waals surface area contributed by atoms with E-state index in [1.54, 1.807) is 46.5 Å². The molecule has 0 radical (unpaired) electrons. The van der Waals surface area contributed by atoms with Gasteiger partial charge in [0.1, 0.15) is 0 Å². The lowest BCUT2D eigenvalue weighted by atomic mass is 10.1. The molecule has 0 aliphatic carbocycles. The standard InChI is InChI=1S/C27H29ClN6O5S2/c1-4-37-20-12-17(13-21(38-5-2)24(20)39-6-3)25(36)30-15-22-32-33-27(34(22)19-9-7-8-18(28)14-19)41-16-23(35)31-26-29-10-11-40-26/h7-14H,4-6,15-16H2,1-3H3,(H,30,36)(H,29,31,35). The molecule has 4 aromatic rings. The Morgan fingerprint density at radius 1 is 1.02 bits per heavy atom. The average molecular weight is 617 g/mol. The number of carbonyl (C=O) groups is 2. The number of benzene rings is 2. The van der Waals surface area contributed by atoms with Gasteiger partial charge in [-0.1, -0.05) is 29.4 Å². The van der Waals surface area contributed by atoms with Crippen LogP contribution in [-0.4, -0.2) is 57.1 Å². The van der Waals surface area contributed by atoms with E-state index in [4.69, 9.17) is 25.8 Å². The van der Waals surface area contributed by atoms with Crippen LogP contribution in [0, 0.1) is 0 Å². The number of thiazole rings is 1. The Kier molecular flexibility index (Phi) is 10.8. The summed E-state index contributed by atoms with van der Waals surface area (Å²) < 4.78 is 19.0. The third kappa shape index (κ3) is 7.90. The van der Waals surface area contributed by atoms with E-state index in [1.807, 2.05) is 26.8 Å². The van der Waals surface area contributed by atoms with Crippen LogP contribution >= 0.6 is 34.7 Å². The number of anilines is 1. The van der Waals surface area contributed by atoms with Crippen molar-refractivity contribution < 1.29 is 23.8 Å². The molecule has 4 rings (SSSR count). The lowest BCUT2D eigenvalue weighted by Gasteiger charge is -2.17. The van der Waals surface area contributed by atoms with Gasteiger partial charge < -0.3 is 24.8 Å². The molecular weight excluding hydrogens is 588 g/mol.